The number of fused-ring (bicyclic) bond motifs is 1. The van der Waals surface area contributed by atoms with Gasteiger partial charge < -0.3 is 14.1 Å². The number of likely N-dealkylation sites (N-methyl/N-ethyl adjacent to an activating group) is 1. The molecule has 1 saturated heterocycles. The standard InChI is InChI=1S/C18H21NO6S/c1-12-3-4-15-13(9-24-16(15)7-12)8-18(21)25-10-17(20)19(2)14-5-6-26(22,23)11-14/h3-4,7,9,14H,5-6,8,10-11H2,1-2H3. The first-order chi connectivity index (χ1) is 12.2. The Labute approximate surface area is 151 Å². The normalized spacial score (nSPS) is 18.8. The molecule has 1 aliphatic rings. The summed E-state index contributed by atoms with van der Waals surface area (Å²) in [5.41, 5.74) is 2.46. The molecule has 0 spiro atoms. The molecule has 8 heteroatoms. The van der Waals surface area contributed by atoms with Crippen LogP contribution in [0.25, 0.3) is 11.0 Å². The molecule has 0 bridgehead atoms. The van der Waals surface area contributed by atoms with Gasteiger partial charge in [-0.05, 0) is 25.0 Å². The Morgan fingerprint density at radius 1 is 1.35 bits per heavy atom. The number of carbonyl (C=O) groups is 2. The molecule has 26 heavy (non-hydrogen) atoms. The lowest BCUT2D eigenvalue weighted by molar-refractivity contribution is -0.151. The molecule has 0 saturated carbocycles. The van der Waals surface area contributed by atoms with Crippen molar-refractivity contribution in [2.45, 2.75) is 25.8 Å². The maximum Gasteiger partial charge on any atom is 0.310 e. The summed E-state index contributed by atoms with van der Waals surface area (Å²) in [5.74, 6) is -0.895. The van der Waals surface area contributed by atoms with Crippen LogP contribution in [0, 0.1) is 6.92 Å². The van der Waals surface area contributed by atoms with E-state index in [4.69, 9.17) is 9.15 Å². The van der Waals surface area contributed by atoms with Gasteiger partial charge in [0, 0.05) is 24.0 Å². The molecule has 2 heterocycles. The first kappa shape index (κ1) is 18.4. The van der Waals surface area contributed by atoms with Gasteiger partial charge in [-0.15, -0.1) is 0 Å². The summed E-state index contributed by atoms with van der Waals surface area (Å²) in [6, 6.07) is 5.35. The Bertz CT molecular complexity index is 946. The molecule has 1 unspecified atom stereocenters. The average Bonchev–Trinajstić information content (AvgIpc) is 3.14. The molecular formula is C18H21NO6S. The first-order valence-corrected chi connectivity index (χ1v) is 10.2. The summed E-state index contributed by atoms with van der Waals surface area (Å²) in [7, 11) is -1.54. The second kappa shape index (κ2) is 7.11. The number of sulfone groups is 1. The lowest BCUT2D eigenvalue weighted by Crippen LogP contribution is -2.40. The highest BCUT2D eigenvalue weighted by molar-refractivity contribution is 7.91. The number of amides is 1. The maximum atomic E-state index is 12.1. The van der Waals surface area contributed by atoms with Gasteiger partial charge in [-0.25, -0.2) is 8.42 Å². The van der Waals surface area contributed by atoms with E-state index in [2.05, 4.69) is 0 Å². The summed E-state index contributed by atoms with van der Waals surface area (Å²) in [6.07, 6.45) is 1.94. The fourth-order valence-corrected chi connectivity index (χ4v) is 4.84. The summed E-state index contributed by atoms with van der Waals surface area (Å²) in [6.45, 7) is 1.55. The fraction of sp³-hybridized carbons (Fsp3) is 0.444. The third-order valence-corrected chi connectivity index (χ3v) is 6.40. The Morgan fingerprint density at radius 3 is 2.81 bits per heavy atom. The predicted molar refractivity (Wildman–Crippen MR) is 95.4 cm³/mol. The minimum Gasteiger partial charge on any atom is -0.464 e. The molecule has 1 aliphatic heterocycles. The van der Waals surface area contributed by atoms with Crippen molar-refractivity contribution in [3.8, 4) is 0 Å². The first-order valence-electron chi connectivity index (χ1n) is 8.33. The van der Waals surface area contributed by atoms with Crippen LogP contribution in [-0.2, 0) is 30.6 Å². The molecule has 3 rings (SSSR count). The van der Waals surface area contributed by atoms with Crippen molar-refractivity contribution < 1.29 is 27.2 Å². The van der Waals surface area contributed by atoms with Crippen LogP contribution in [0.15, 0.2) is 28.9 Å². The highest BCUT2D eigenvalue weighted by Crippen LogP contribution is 2.23. The number of esters is 1. The number of furan rings is 1. The van der Waals surface area contributed by atoms with Gasteiger partial charge in [0.05, 0.1) is 24.2 Å². The zero-order valence-corrected chi connectivity index (χ0v) is 15.5. The van der Waals surface area contributed by atoms with Gasteiger partial charge in [-0.3, -0.25) is 9.59 Å². The summed E-state index contributed by atoms with van der Waals surface area (Å²) in [4.78, 5) is 25.5. The second-order valence-electron chi connectivity index (χ2n) is 6.66. The molecule has 1 atom stereocenters. The highest BCUT2D eigenvalue weighted by Gasteiger charge is 2.32. The summed E-state index contributed by atoms with van der Waals surface area (Å²) < 4.78 is 33.5. The van der Waals surface area contributed by atoms with Gasteiger partial charge in [-0.1, -0.05) is 12.1 Å². The predicted octanol–water partition coefficient (Wildman–Crippen LogP) is 1.47. The van der Waals surface area contributed by atoms with Crippen LogP contribution in [0.1, 0.15) is 17.5 Å². The zero-order chi connectivity index (χ0) is 18.9. The van der Waals surface area contributed by atoms with Crippen molar-refractivity contribution in [2.24, 2.45) is 0 Å². The van der Waals surface area contributed by atoms with Crippen LogP contribution in [0.4, 0.5) is 0 Å². The zero-order valence-electron chi connectivity index (χ0n) is 14.7. The van der Waals surface area contributed by atoms with Crippen LogP contribution in [0.5, 0.6) is 0 Å². The maximum absolute atomic E-state index is 12.1. The SMILES string of the molecule is Cc1ccc2c(CC(=O)OCC(=O)N(C)C3CCS(=O)(=O)C3)coc2c1. The van der Waals surface area contributed by atoms with Crippen LogP contribution < -0.4 is 0 Å². The molecule has 1 aromatic carbocycles. The van der Waals surface area contributed by atoms with E-state index in [1.54, 1.807) is 0 Å². The molecular weight excluding hydrogens is 358 g/mol. The third kappa shape index (κ3) is 4.07. The number of carbonyl (C=O) groups excluding carboxylic acids is 2. The summed E-state index contributed by atoms with van der Waals surface area (Å²) >= 11 is 0. The van der Waals surface area contributed by atoms with Crippen LogP contribution in [0.2, 0.25) is 0 Å². The van der Waals surface area contributed by atoms with Crippen LogP contribution >= 0.6 is 0 Å². The van der Waals surface area contributed by atoms with Gasteiger partial charge in [0.25, 0.3) is 5.91 Å². The number of hydrogen-bond donors (Lipinski definition) is 0. The topological polar surface area (TPSA) is 93.9 Å². The highest BCUT2D eigenvalue weighted by atomic mass is 32.2. The lowest BCUT2D eigenvalue weighted by atomic mass is 10.1. The molecule has 7 nitrogen and oxygen atoms in total. The summed E-state index contributed by atoms with van der Waals surface area (Å²) in [5, 5.41) is 0.840. The number of aryl methyl sites for hydroxylation is 1. The smallest absolute Gasteiger partial charge is 0.310 e. The number of nitrogens with zero attached hydrogens (tertiary/aromatic N) is 1. The molecule has 1 amide bonds. The minimum atomic E-state index is -3.08. The molecule has 1 aromatic heterocycles. The van der Waals surface area contributed by atoms with Gasteiger partial charge in [-0.2, -0.15) is 0 Å². The second-order valence-corrected chi connectivity index (χ2v) is 8.89. The monoisotopic (exact) mass is 379 g/mol. The van der Waals surface area contributed by atoms with Crippen LogP contribution in [-0.4, -0.2) is 56.4 Å². The van der Waals surface area contributed by atoms with E-state index >= 15 is 0 Å². The lowest BCUT2D eigenvalue weighted by Gasteiger charge is -2.23. The number of benzene rings is 1. The van der Waals surface area contributed by atoms with E-state index in [1.807, 2.05) is 25.1 Å². The van der Waals surface area contributed by atoms with Gasteiger partial charge >= 0.3 is 5.97 Å². The van der Waals surface area contributed by atoms with Gasteiger partial charge in [0.15, 0.2) is 16.4 Å². The molecule has 1 fully saturated rings. The molecule has 140 valence electrons. The molecule has 0 radical (unpaired) electrons. The van der Waals surface area contributed by atoms with E-state index in [1.165, 1.54) is 18.2 Å². The number of hydrogen-bond acceptors (Lipinski definition) is 6. The Balaban J connectivity index is 1.54. The number of rotatable bonds is 5. The average molecular weight is 379 g/mol. The molecule has 0 aliphatic carbocycles. The van der Waals surface area contributed by atoms with Crippen LogP contribution in [0.3, 0.4) is 0 Å². The van der Waals surface area contributed by atoms with Gasteiger partial charge in [0.2, 0.25) is 0 Å². The third-order valence-electron chi connectivity index (χ3n) is 4.65. The van der Waals surface area contributed by atoms with Crippen molar-refractivity contribution in [3.05, 3.63) is 35.6 Å². The van der Waals surface area contributed by atoms with Crippen molar-refractivity contribution in [1.82, 2.24) is 4.90 Å². The molecule has 0 N–H and O–H groups in total. The van der Waals surface area contributed by atoms with E-state index in [-0.39, 0.29) is 24.0 Å². The Morgan fingerprint density at radius 2 is 2.12 bits per heavy atom. The van der Waals surface area contributed by atoms with Crippen molar-refractivity contribution in [3.63, 3.8) is 0 Å². The van der Waals surface area contributed by atoms with Crippen molar-refractivity contribution in [1.29, 1.82) is 0 Å². The van der Waals surface area contributed by atoms with E-state index in [0.29, 0.717) is 17.6 Å². The Kier molecular flexibility index (Phi) is 5.04. The molecule has 2 aromatic rings. The fourth-order valence-electron chi connectivity index (χ4n) is 3.06. The largest absolute Gasteiger partial charge is 0.464 e. The van der Waals surface area contributed by atoms with Crippen molar-refractivity contribution >= 4 is 32.7 Å². The number of ether oxygens (including phenoxy) is 1. The Hall–Kier alpha value is -2.35. The van der Waals surface area contributed by atoms with E-state index in [0.717, 1.165) is 10.9 Å². The quantitative estimate of drug-likeness (QED) is 0.731. The van der Waals surface area contributed by atoms with Crippen molar-refractivity contribution in [2.75, 3.05) is 25.2 Å². The van der Waals surface area contributed by atoms with E-state index < -0.39 is 28.3 Å². The van der Waals surface area contributed by atoms with E-state index in [9.17, 15) is 18.0 Å². The van der Waals surface area contributed by atoms with Gasteiger partial charge in [0.1, 0.15) is 5.58 Å². The minimum absolute atomic E-state index is 0.00482.